The Hall–Kier alpha value is -6.40. The Bertz CT molecular complexity index is 2240. The number of fused-ring (bicyclic) bond motifs is 1. The molecule has 0 amide bonds. The zero-order chi connectivity index (χ0) is 34.3. The molecule has 0 saturated heterocycles. The van der Waals surface area contributed by atoms with Crippen LogP contribution in [0.1, 0.15) is 37.4 Å². The Morgan fingerprint density at radius 3 is 2.00 bits per heavy atom. The highest BCUT2D eigenvalue weighted by molar-refractivity contribution is 6.17. The van der Waals surface area contributed by atoms with Gasteiger partial charge in [-0.25, -0.2) is 4.79 Å². The number of rotatable bonds is 8. The lowest BCUT2D eigenvalue weighted by atomic mass is 9.95. The summed E-state index contributed by atoms with van der Waals surface area (Å²) in [6.07, 6.45) is 4.32. The number of nitrogens with zero attached hydrogens (tertiary/aromatic N) is 1. The average Bonchev–Trinajstić information content (AvgIpc) is 3.53. The van der Waals surface area contributed by atoms with Crippen LogP contribution in [0.15, 0.2) is 152 Å². The van der Waals surface area contributed by atoms with Gasteiger partial charge in [0.1, 0.15) is 5.75 Å². The van der Waals surface area contributed by atoms with Gasteiger partial charge in [-0.15, -0.1) is 0 Å². The van der Waals surface area contributed by atoms with Crippen LogP contribution in [-0.4, -0.2) is 28.4 Å². The van der Waals surface area contributed by atoms with E-state index in [-0.39, 0.29) is 11.1 Å². The standard InChI is InChI=1S/C23H21NO4.C20H15N/c1-14-7-10-16(11-8-14)24-19-6-4-5-18(21(19)23(26)27)22(25)17-12-9-15(2)13-20(17)28-3;1-3-9-16(10-4-1)18-15-21-14-8-7-13-19(21)20(18)17-11-5-2-6-12-17/h4-13,24H,1-3H3,(H,26,27);1-15H. The SMILES string of the molecule is COc1cc(C)ccc1C(=O)c1cccc(Nc2ccc(C)cc2)c1C(=O)O.c1ccc(-c2cn3ccccc3c2-c2ccccc2)cc1. The fourth-order valence-corrected chi connectivity index (χ4v) is 5.87. The predicted octanol–water partition coefficient (Wildman–Crippen LogP) is 10.3. The molecule has 49 heavy (non-hydrogen) atoms. The van der Waals surface area contributed by atoms with Gasteiger partial charge >= 0.3 is 5.97 Å². The summed E-state index contributed by atoms with van der Waals surface area (Å²) in [6.45, 7) is 3.87. The van der Waals surface area contributed by atoms with E-state index in [1.54, 1.807) is 30.3 Å². The number of aromatic nitrogens is 1. The minimum Gasteiger partial charge on any atom is -0.496 e. The fraction of sp³-hybridized carbons (Fsp3) is 0.0698. The number of hydrogen-bond acceptors (Lipinski definition) is 4. The number of nitrogens with one attached hydrogen (secondary N) is 1. The molecule has 0 saturated carbocycles. The van der Waals surface area contributed by atoms with E-state index in [0.717, 1.165) is 16.8 Å². The molecule has 5 aromatic carbocycles. The Morgan fingerprint density at radius 1 is 0.673 bits per heavy atom. The fourth-order valence-electron chi connectivity index (χ4n) is 5.87. The summed E-state index contributed by atoms with van der Waals surface area (Å²) >= 11 is 0. The van der Waals surface area contributed by atoms with Crippen LogP contribution >= 0.6 is 0 Å². The molecule has 6 heteroatoms. The molecule has 0 radical (unpaired) electrons. The van der Waals surface area contributed by atoms with E-state index in [2.05, 4.69) is 101 Å². The molecule has 6 nitrogen and oxygen atoms in total. The van der Waals surface area contributed by atoms with Crippen molar-refractivity contribution in [1.82, 2.24) is 4.40 Å². The maximum Gasteiger partial charge on any atom is 0.338 e. The third-order valence-electron chi connectivity index (χ3n) is 8.29. The first kappa shape index (κ1) is 32.5. The van der Waals surface area contributed by atoms with Crippen molar-refractivity contribution in [2.75, 3.05) is 12.4 Å². The molecular weight excluding hydrogens is 608 g/mol. The number of aryl methyl sites for hydroxylation is 2. The van der Waals surface area contributed by atoms with E-state index in [1.807, 2.05) is 38.1 Å². The van der Waals surface area contributed by atoms with Crippen LogP contribution in [0.25, 0.3) is 27.8 Å². The van der Waals surface area contributed by atoms with Gasteiger partial charge in [0.15, 0.2) is 5.78 Å². The summed E-state index contributed by atoms with van der Waals surface area (Å²) in [7, 11) is 1.49. The van der Waals surface area contributed by atoms with Crippen molar-refractivity contribution in [2.45, 2.75) is 13.8 Å². The van der Waals surface area contributed by atoms with E-state index >= 15 is 0 Å². The summed E-state index contributed by atoms with van der Waals surface area (Å²) < 4.78 is 7.52. The van der Waals surface area contributed by atoms with Gasteiger partial charge < -0.3 is 19.6 Å². The highest BCUT2D eigenvalue weighted by atomic mass is 16.5. The van der Waals surface area contributed by atoms with Crippen molar-refractivity contribution in [1.29, 1.82) is 0 Å². The molecule has 0 atom stereocenters. The molecule has 0 aliphatic carbocycles. The van der Waals surface area contributed by atoms with Gasteiger partial charge in [0.05, 0.1) is 29.4 Å². The van der Waals surface area contributed by atoms with Crippen molar-refractivity contribution in [3.05, 3.63) is 180 Å². The molecule has 0 aliphatic rings. The first-order valence-corrected chi connectivity index (χ1v) is 15.9. The molecule has 0 aliphatic heterocycles. The number of carboxylic acid groups (broad SMARTS) is 1. The number of carbonyl (C=O) groups is 2. The largest absolute Gasteiger partial charge is 0.496 e. The molecule has 242 valence electrons. The number of carboxylic acids is 1. The van der Waals surface area contributed by atoms with Gasteiger partial charge in [-0.2, -0.15) is 0 Å². The molecule has 7 rings (SSSR count). The third-order valence-corrected chi connectivity index (χ3v) is 8.29. The monoisotopic (exact) mass is 644 g/mol. The lowest BCUT2D eigenvalue weighted by Crippen LogP contribution is -2.13. The molecule has 0 fully saturated rings. The maximum atomic E-state index is 13.1. The number of methoxy groups -OCH3 is 1. The minimum atomic E-state index is -1.18. The van der Waals surface area contributed by atoms with Gasteiger partial charge in [0.2, 0.25) is 0 Å². The number of ether oxygens (including phenoxy) is 1. The highest BCUT2D eigenvalue weighted by Crippen LogP contribution is 2.37. The van der Waals surface area contributed by atoms with Crippen LogP contribution < -0.4 is 10.1 Å². The average molecular weight is 645 g/mol. The molecule has 7 aromatic rings. The van der Waals surface area contributed by atoms with Gasteiger partial charge in [-0.1, -0.05) is 103 Å². The van der Waals surface area contributed by atoms with Crippen molar-refractivity contribution in [3.63, 3.8) is 0 Å². The first-order chi connectivity index (χ1) is 23.8. The topological polar surface area (TPSA) is 80.0 Å². The van der Waals surface area contributed by atoms with Crippen LogP contribution in [0, 0.1) is 13.8 Å². The number of benzene rings is 5. The second-order valence-electron chi connectivity index (χ2n) is 11.7. The Balaban J connectivity index is 0.000000176. The van der Waals surface area contributed by atoms with E-state index in [9.17, 15) is 14.7 Å². The van der Waals surface area contributed by atoms with Crippen LogP contribution in [0.3, 0.4) is 0 Å². The molecule has 0 spiro atoms. The van der Waals surface area contributed by atoms with Gasteiger partial charge in [-0.3, -0.25) is 4.79 Å². The van der Waals surface area contributed by atoms with Crippen molar-refractivity contribution >= 4 is 28.6 Å². The Labute approximate surface area is 285 Å². The molecule has 2 N–H and O–H groups in total. The summed E-state index contributed by atoms with van der Waals surface area (Å²) in [5, 5.41) is 12.9. The summed E-state index contributed by atoms with van der Waals surface area (Å²) in [5.74, 6) is -1.16. The van der Waals surface area contributed by atoms with E-state index in [4.69, 9.17) is 4.74 Å². The molecule has 0 unspecified atom stereocenters. The lowest BCUT2D eigenvalue weighted by molar-refractivity contribution is 0.0694. The molecular formula is C43H36N2O4. The summed E-state index contributed by atoms with van der Waals surface area (Å²) in [6, 6.07) is 45.1. The number of ketones is 1. The van der Waals surface area contributed by atoms with Gasteiger partial charge in [-0.05, 0) is 73.0 Å². The number of carbonyl (C=O) groups excluding carboxylic acids is 1. The summed E-state index contributed by atoms with van der Waals surface area (Å²) in [5.41, 5.74) is 9.80. The van der Waals surface area contributed by atoms with Crippen LogP contribution in [0.2, 0.25) is 0 Å². The minimum absolute atomic E-state index is 0.0734. The maximum absolute atomic E-state index is 13.1. The zero-order valence-corrected chi connectivity index (χ0v) is 27.6. The van der Waals surface area contributed by atoms with E-state index in [1.165, 1.54) is 40.9 Å². The highest BCUT2D eigenvalue weighted by Gasteiger charge is 2.24. The number of hydrogen-bond donors (Lipinski definition) is 2. The second-order valence-corrected chi connectivity index (χ2v) is 11.7. The normalized spacial score (nSPS) is 10.6. The number of pyridine rings is 1. The summed E-state index contributed by atoms with van der Waals surface area (Å²) in [4.78, 5) is 25.1. The quantitative estimate of drug-likeness (QED) is 0.161. The molecule has 0 bridgehead atoms. The second kappa shape index (κ2) is 14.6. The van der Waals surface area contributed by atoms with Crippen molar-refractivity contribution < 1.29 is 19.4 Å². The van der Waals surface area contributed by atoms with Crippen LogP contribution in [0.4, 0.5) is 11.4 Å². The molecule has 2 heterocycles. The predicted molar refractivity (Wildman–Crippen MR) is 197 cm³/mol. The molecule has 2 aromatic heterocycles. The van der Waals surface area contributed by atoms with Gasteiger partial charge in [0, 0.05) is 34.8 Å². The van der Waals surface area contributed by atoms with Gasteiger partial charge in [0.25, 0.3) is 0 Å². The Morgan fingerprint density at radius 2 is 1.33 bits per heavy atom. The van der Waals surface area contributed by atoms with Crippen LogP contribution in [-0.2, 0) is 0 Å². The Kier molecular flexibility index (Phi) is 9.68. The lowest BCUT2D eigenvalue weighted by Gasteiger charge is -2.14. The number of anilines is 2. The van der Waals surface area contributed by atoms with Crippen LogP contribution in [0.5, 0.6) is 5.75 Å². The zero-order valence-electron chi connectivity index (χ0n) is 27.6. The first-order valence-electron chi connectivity index (χ1n) is 15.9. The van der Waals surface area contributed by atoms with E-state index in [0.29, 0.717) is 17.0 Å². The number of aromatic carboxylic acids is 1. The van der Waals surface area contributed by atoms with Crippen molar-refractivity contribution in [3.8, 4) is 28.0 Å². The van der Waals surface area contributed by atoms with E-state index < -0.39 is 11.8 Å². The van der Waals surface area contributed by atoms with Crippen molar-refractivity contribution in [2.24, 2.45) is 0 Å². The smallest absolute Gasteiger partial charge is 0.338 e. The third kappa shape index (κ3) is 7.14.